The highest BCUT2D eigenvalue weighted by atomic mass is 79.9. The van der Waals surface area contributed by atoms with Crippen molar-refractivity contribution in [1.29, 1.82) is 0 Å². The first-order chi connectivity index (χ1) is 18.8. The predicted octanol–water partition coefficient (Wildman–Crippen LogP) is 4.66. The van der Waals surface area contributed by atoms with E-state index in [1.807, 2.05) is 41.3 Å². The molecule has 6 rings (SSSR count). The number of hydrogen-bond acceptors (Lipinski definition) is 7. The average Bonchev–Trinajstić information content (AvgIpc) is 3.41. The maximum Gasteiger partial charge on any atom is 0.308 e. The Hall–Kier alpha value is -4.24. The van der Waals surface area contributed by atoms with E-state index in [1.165, 1.54) is 19.1 Å². The maximum absolute atomic E-state index is 14.2. The van der Waals surface area contributed by atoms with E-state index in [0.29, 0.717) is 27.2 Å². The fraction of sp³-hybridized carbons (Fsp3) is 0.200. The van der Waals surface area contributed by atoms with E-state index in [9.17, 15) is 19.2 Å². The second kappa shape index (κ2) is 9.50. The van der Waals surface area contributed by atoms with Gasteiger partial charge in [-0.25, -0.2) is 4.90 Å². The Balaban J connectivity index is 1.43. The molecule has 8 nitrogen and oxygen atoms in total. The number of esters is 1. The number of ketones is 1. The largest absolute Gasteiger partial charge is 0.496 e. The summed E-state index contributed by atoms with van der Waals surface area (Å²) in [7, 11) is 1.54. The number of amides is 2. The molecule has 3 aliphatic heterocycles. The van der Waals surface area contributed by atoms with Gasteiger partial charge in [0.25, 0.3) is 0 Å². The molecule has 0 bridgehead atoms. The van der Waals surface area contributed by atoms with Crippen molar-refractivity contribution in [2.45, 2.75) is 19.0 Å². The van der Waals surface area contributed by atoms with Crippen molar-refractivity contribution in [2.24, 2.45) is 11.8 Å². The number of ether oxygens (including phenoxy) is 2. The number of Topliss-reactive ketones (excluding diaryl/α,β-unsaturated/α-hetero) is 1. The molecule has 2 amide bonds. The normalized spacial score (nSPS) is 22.8. The SMILES string of the molecule is COc1ccc(C(=O)[C@@H]2[C@@H]3C(=O)N(c4ccc(OC(C)=O)cc4)C(=O)[C@H]3[C@H]3C=Cc4ccccc4N32)cc1Br. The topological polar surface area (TPSA) is 93.2 Å². The Labute approximate surface area is 232 Å². The number of carbonyl (C=O) groups excluding carboxylic acids is 4. The van der Waals surface area contributed by atoms with E-state index < -0.39 is 35.8 Å². The number of fused-ring (bicyclic) bond motifs is 5. The number of benzene rings is 3. The summed E-state index contributed by atoms with van der Waals surface area (Å²) in [4.78, 5) is 56.5. The Kier molecular flexibility index (Phi) is 6.10. The number of rotatable bonds is 5. The molecule has 3 aliphatic rings. The van der Waals surface area contributed by atoms with Crippen LogP contribution in [-0.2, 0) is 14.4 Å². The minimum Gasteiger partial charge on any atom is -0.496 e. The van der Waals surface area contributed by atoms with Gasteiger partial charge in [-0.05, 0) is 70.0 Å². The van der Waals surface area contributed by atoms with E-state index in [-0.39, 0.29) is 11.7 Å². The van der Waals surface area contributed by atoms with Crippen molar-refractivity contribution >= 4 is 56.9 Å². The number of anilines is 2. The second-order valence-corrected chi connectivity index (χ2v) is 10.5. The van der Waals surface area contributed by atoms with Crippen LogP contribution in [0.2, 0.25) is 0 Å². The lowest BCUT2D eigenvalue weighted by atomic mass is 9.86. The van der Waals surface area contributed by atoms with Crippen molar-refractivity contribution in [2.75, 3.05) is 16.9 Å². The first-order valence-corrected chi connectivity index (χ1v) is 13.2. The highest BCUT2D eigenvalue weighted by Gasteiger charge is 2.64. The Morgan fingerprint density at radius 3 is 2.33 bits per heavy atom. The van der Waals surface area contributed by atoms with Crippen LogP contribution in [0.25, 0.3) is 6.08 Å². The molecular formula is C30H23BrN2O6. The highest BCUT2D eigenvalue weighted by Crippen LogP contribution is 2.50. The van der Waals surface area contributed by atoms with E-state index in [4.69, 9.17) is 9.47 Å². The van der Waals surface area contributed by atoms with Crippen LogP contribution in [0.15, 0.2) is 77.3 Å². The van der Waals surface area contributed by atoms with Gasteiger partial charge in [-0.2, -0.15) is 0 Å². The number of halogens is 1. The molecule has 3 aromatic rings. The Morgan fingerprint density at radius 2 is 1.64 bits per heavy atom. The molecule has 3 heterocycles. The smallest absolute Gasteiger partial charge is 0.308 e. The Bertz CT molecular complexity index is 1570. The number of para-hydroxylation sites is 1. The maximum atomic E-state index is 14.2. The number of nitrogens with zero attached hydrogens (tertiary/aromatic N) is 2. The van der Waals surface area contributed by atoms with Crippen molar-refractivity contribution in [3.8, 4) is 11.5 Å². The van der Waals surface area contributed by atoms with Gasteiger partial charge in [0.2, 0.25) is 11.8 Å². The molecule has 0 N–H and O–H groups in total. The molecule has 3 aromatic carbocycles. The molecule has 2 saturated heterocycles. The van der Waals surface area contributed by atoms with Gasteiger partial charge in [0.1, 0.15) is 17.5 Å². The third-order valence-corrected chi connectivity index (χ3v) is 8.10. The molecule has 0 unspecified atom stereocenters. The summed E-state index contributed by atoms with van der Waals surface area (Å²) in [6.07, 6.45) is 3.86. The third-order valence-electron chi connectivity index (χ3n) is 7.48. The first-order valence-electron chi connectivity index (χ1n) is 12.4. The summed E-state index contributed by atoms with van der Waals surface area (Å²) >= 11 is 3.45. The van der Waals surface area contributed by atoms with E-state index in [2.05, 4.69) is 15.9 Å². The summed E-state index contributed by atoms with van der Waals surface area (Å²) in [6.45, 7) is 1.29. The second-order valence-electron chi connectivity index (χ2n) is 9.63. The zero-order valence-electron chi connectivity index (χ0n) is 21.0. The first kappa shape index (κ1) is 25.1. The minimum atomic E-state index is -0.895. The average molecular weight is 587 g/mol. The summed E-state index contributed by atoms with van der Waals surface area (Å²) in [5.41, 5.74) is 2.49. The van der Waals surface area contributed by atoms with Gasteiger partial charge in [-0.3, -0.25) is 19.2 Å². The fourth-order valence-electron chi connectivity index (χ4n) is 5.89. The molecule has 9 heteroatoms. The molecule has 2 fully saturated rings. The number of imide groups is 1. The third kappa shape index (κ3) is 3.96. The highest BCUT2D eigenvalue weighted by molar-refractivity contribution is 9.10. The molecule has 0 aliphatic carbocycles. The molecule has 196 valence electrons. The molecule has 0 saturated carbocycles. The van der Waals surface area contributed by atoms with Crippen LogP contribution in [0.1, 0.15) is 22.8 Å². The van der Waals surface area contributed by atoms with Gasteiger partial charge >= 0.3 is 5.97 Å². The van der Waals surface area contributed by atoms with Gasteiger partial charge in [-0.15, -0.1) is 0 Å². The summed E-state index contributed by atoms with van der Waals surface area (Å²) < 4.78 is 11.0. The molecule has 4 atom stereocenters. The predicted molar refractivity (Wildman–Crippen MR) is 148 cm³/mol. The van der Waals surface area contributed by atoms with Gasteiger partial charge < -0.3 is 14.4 Å². The van der Waals surface area contributed by atoms with Crippen LogP contribution in [0.4, 0.5) is 11.4 Å². The van der Waals surface area contributed by atoms with Crippen molar-refractivity contribution in [3.63, 3.8) is 0 Å². The quantitative estimate of drug-likeness (QED) is 0.186. The van der Waals surface area contributed by atoms with Crippen LogP contribution in [0.3, 0.4) is 0 Å². The number of methoxy groups -OCH3 is 1. The number of carbonyl (C=O) groups is 4. The molecule has 0 aromatic heterocycles. The van der Waals surface area contributed by atoms with Crippen molar-refractivity contribution in [3.05, 3.63) is 88.4 Å². The fourth-order valence-corrected chi connectivity index (χ4v) is 6.43. The summed E-state index contributed by atoms with van der Waals surface area (Å²) in [5.74, 6) is -2.27. The number of hydrogen-bond donors (Lipinski definition) is 0. The lowest BCUT2D eigenvalue weighted by Crippen LogP contribution is -2.48. The van der Waals surface area contributed by atoms with Crippen LogP contribution >= 0.6 is 15.9 Å². The molecule has 0 spiro atoms. The van der Waals surface area contributed by atoms with Crippen molar-refractivity contribution in [1.82, 2.24) is 0 Å². The van der Waals surface area contributed by atoms with Crippen LogP contribution < -0.4 is 19.3 Å². The zero-order valence-corrected chi connectivity index (χ0v) is 22.6. The van der Waals surface area contributed by atoms with E-state index >= 15 is 0 Å². The molecule has 0 radical (unpaired) electrons. The Morgan fingerprint density at radius 1 is 0.923 bits per heavy atom. The van der Waals surface area contributed by atoms with Crippen LogP contribution in [0.5, 0.6) is 11.5 Å². The summed E-state index contributed by atoms with van der Waals surface area (Å²) in [5, 5.41) is 0. The van der Waals surface area contributed by atoms with Crippen LogP contribution in [-0.4, -0.2) is 42.8 Å². The monoisotopic (exact) mass is 586 g/mol. The lowest BCUT2D eigenvalue weighted by molar-refractivity contribution is -0.132. The van der Waals surface area contributed by atoms with E-state index in [0.717, 1.165) is 16.2 Å². The molecular weight excluding hydrogens is 564 g/mol. The lowest BCUT2D eigenvalue weighted by Gasteiger charge is -2.36. The van der Waals surface area contributed by atoms with Gasteiger partial charge in [0.05, 0.1) is 35.1 Å². The van der Waals surface area contributed by atoms with Crippen LogP contribution in [0, 0.1) is 11.8 Å². The molecule has 39 heavy (non-hydrogen) atoms. The van der Waals surface area contributed by atoms with Gasteiger partial charge in [-0.1, -0.05) is 30.4 Å². The van der Waals surface area contributed by atoms with Crippen molar-refractivity contribution < 1.29 is 28.7 Å². The minimum absolute atomic E-state index is 0.255. The van der Waals surface area contributed by atoms with Gasteiger partial charge in [0, 0.05) is 18.2 Å². The van der Waals surface area contributed by atoms with Gasteiger partial charge in [0.15, 0.2) is 5.78 Å². The standard InChI is InChI=1S/C30H23BrN2O6/c1-16(34)39-20-11-9-19(10-12-20)32-29(36)25-23-13-7-17-5-3-4-6-22(17)33(23)27(26(25)30(32)37)28(35)18-8-14-24(38-2)21(31)15-18/h3-15,23,25-27H,1-2H3/t23-,25+,26-,27+/m1/s1. The zero-order chi connectivity index (χ0) is 27.4. The summed E-state index contributed by atoms with van der Waals surface area (Å²) in [6, 6.07) is 17.5. The van der Waals surface area contributed by atoms with E-state index in [1.54, 1.807) is 37.4 Å².